The summed E-state index contributed by atoms with van der Waals surface area (Å²) in [6.45, 7) is 2.10. The fourth-order valence-electron chi connectivity index (χ4n) is 0.805. The molecule has 1 aromatic rings. The fraction of sp³-hybridized carbons (Fsp3) is 0.429. The lowest BCUT2D eigenvalue weighted by Crippen LogP contribution is -2.17. The van der Waals surface area contributed by atoms with Gasteiger partial charge < -0.3 is 10.4 Å². The summed E-state index contributed by atoms with van der Waals surface area (Å²) in [5.74, 6) is 6.07. The number of hydrogen-bond donors (Lipinski definition) is 4. The second-order valence-electron chi connectivity index (χ2n) is 2.76. The van der Waals surface area contributed by atoms with Gasteiger partial charge in [-0.15, -0.1) is 0 Å². The predicted octanol–water partition coefficient (Wildman–Crippen LogP) is 0.317. The molecule has 14 heavy (non-hydrogen) atoms. The van der Waals surface area contributed by atoms with Crippen LogP contribution in [0.2, 0.25) is 0 Å². The molecule has 1 atom stereocenters. The first kappa shape index (κ1) is 11.2. The number of anilines is 2. The largest absolute Gasteiger partial charge is 0.392 e. The smallest absolute Gasteiger partial charge is 0.239 e. The number of nitrogens with two attached hydrogens (primary N) is 1. The molecular formula is C7H12BrN5O. The summed E-state index contributed by atoms with van der Waals surface area (Å²) in [6.07, 6.45) is 1.14. The Morgan fingerprint density at radius 2 is 2.43 bits per heavy atom. The standard InChI is InChI=1S/C7H12BrN5O/c1-4(14)2-10-6-5(8)3-11-7(12-6)13-9/h3-4,14H,2,9H2,1H3,(H2,10,11,12,13). The van der Waals surface area contributed by atoms with Gasteiger partial charge in [-0.2, -0.15) is 4.98 Å². The molecular weight excluding hydrogens is 250 g/mol. The van der Waals surface area contributed by atoms with E-state index >= 15 is 0 Å². The van der Waals surface area contributed by atoms with Gasteiger partial charge in [0.25, 0.3) is 0 Å². The number of halogens is 1. The minimum Gasteiger partial charge on any atom is -0.392 e. The summed E-state index contributed by atoms with van der Waals surface area (Å²) in [6, 6.07) is 0. The Hall–Kier alpha value is -0.920. The second-order valence-corrected chi connectivity index (χ2v) is 3.62. The lowest BCUT2D eigenvalue weighted by Gasteiger charge is -2.09. The Labute approximate surface area is 90.0 Å². The average Bonchev–Trinajstić information content (AvgIpc) is 2.16. The topological polar surface area (TPSA) is 96.1 Å². The highest BCUT2D eigenvalue weighted by molar-refractivity contribution is 9.10. The van der Waals surface area contributed by atoms with Gasteiger partial charge in [-0.3, -0.25) is 5.43 Å². The molecule has 1 unspecified atom stereocenters. The van der Waals surface area contributed by atoms with Crippen molar-refractivity contribution < 1.29 is 5.11 Å². The lowest BCUT2D eigenvalue weighted by molar-refractivity contribution is 0.208. The number of nitrogens with zero attached hydrogens (tertiary/aromatic N) is 2. The highest BCUT2D eigenvalue weighted by Gasteiger charge is 2.04. The maximum atomic E-state index is 9.07. The van der Waals surface area contributed by atoms with Crippen molar-refractivity contribution in [1.29, 1.82) is 0 Å². The van der Waals surface area contributed by atoms with Crippen LogP contribution in [-0.4, -0.2) is 27.7 Å². The number of aliphatic hydroxyl groups is 1. The normalized spacial score (nSPS) is 12.3. The molecule has 0 saturated carbocycles. The Morgan fingerprint density at radius 1 is 1.71 bits per heavy atom. The van der Waals surface area contributed by atoms with Crippen molar-refractivity contribution >= 4 is 27.7 Å². The van der Waals surface area contributed by atoms with Crippen molar-refractivity contribution in [3.8, 4) is 0 Å². The van der Waals surface area contributed by atoms with Crippen molar-refractivity contribution in [3.63, 3.8) is 0 Å². The number of nitrogen functional groups attached to an aromatic ring is 1. The highest BCUT2D eigenvalue weighted by Crippen LogP contribution is 2.19. The summed E-state index contributed by atoms with van der Waals surface area (Å²) in [5.41, 5.74) is 2.34. The van der Waals surface area contributed by atoms with Gasteiger partial charge in [0.15, 0.2) is 0 Å². The Bertz CT molecular complexity index is 306. The first-order chi connectivity index (χ1) is 6.63. The Kier molecular flexibility index (Phi) is 4.05. The van der Waals surface area contributed by atoms with Gasteiger partial charge in [0.05, 0.1) is 10.6 Å². The van der Waals surface area contributed by atoms with Gasteiger partial charge in [0.2, 0.25) is 5.95 Å². The Balaban J connectivity index is 2.73. The van der Waals surface area contributed by atoms with Crippen LogP contribution in [0.1, 0.15) is 6.92 Å². The lowest BCUT2D eigenvalue weighted by atomic mass is 10.4. The molecule has 0 aromatic carbocycles. The Morgan fingerprint density at radius 3 is 3.00 bits per heavy atom. The molecule has 0 aliphatic carbocycles. The van der Waals surface area contributed by atoms with Crippen LogP contribution in [0, 0.1) is 0 Å². The van der Waals surface area contributed by atoms with E-state index in [1.807, 2.05) is 0 Å². The molecule has 1 rings (SSSR count). The van der Waals surface area contributed by atoms with Crippen molar-refractivity contribution in [2.75, 3.05) is 17.3 Å². The van der Waals surface area contributed by atoms with Gasteiger partial charge in [-0.25, -0.2) is 10.8 Å². The minimum absolute atomic E-state index is 0.321. The fourth-order valence-corrected chi connectivity index (χ4v) is 1.14. The first-order valence-corrected chi connectivity index (χ1v) is 4.84. The number of rotatable bonds is 4. The van der Waals surface area contributed by atoms with E-state index in [9.17, 15) is 0 Å². The quantitative estimate of drug-likeness (QED) is 0.461. The number of nitrogens with one attached hydrogen (secondary N) is 2. The van der Waals surface area contributed by atoms with Crippen LogP contribution in [-0.2, 0) is 0 Å². The van der Waals surface area contributed by atoms with Crippen LogP contribution in [0.3, 0.4) is 0 Å². The number of hydrogen-bond acceptors (Lipinski definition) is 6. The van der Waals surface area contributed by atoms with E-state index in [4.69, 9.17) is 10.9 Å². The van der Waals surface area contributed by atoms with Gasteiger partial charge in [0.1, 0.15) is 5.82 Å². The van der Waals surface area contributed by atoms with Crippen LogP contribution in [0.15, 0.2) is 10.7 Å². The van der Waals surface area contributed by atoms with E-state index < -0.39 is 6.10 Å². The molecule has 0 bridgehead atoms. The molecule has 0 amide bonds. The summed E-state index contributed by atoms with van der Waals surface area (Å²) in [4.78, 5) is 7.93. The van der Waals surface area contributed by atoms with Crippen LogP contribution < -0.4 is 16.6 Å². The molecule has 1 heterocycles. The van der Waals surface area contributed by atoms with Crippen molar-refractivity contribution in [3.05, 3.63) is 10.7 Å². The van der Waals surface area contributed by atoms with E-state index in [1.165, 1.54) is 0 Å². The van der Waals surface area contributed by atoms with Gasteiger partial charge in [-0.1, -0.05) is 0 Å². The molecule has 0 aliphatic heterocycles. The zero-order valence-electron chi connectivity index (χ0n) is 7.66. The van der Waals surface area contributed by atoms with Crippen LogP contribution in [0.4, 0.5) is 11.8 Å². The summed E-state index contributed by atoms with van der Waals surface area (Å²) >= 11 is 3.27. The van der Waals surface area contributed by atoms with E-state index in [1.54, 1.807) is 13.1 Å². The number of aliphatic hydroxyl groups excluding tert-OH is 1. The van der Waals surface area contributed by atoms with Gasteiger partial charge >= 0.3 is 0 Å². The third-order valence-electron chi connectivity index (χ3n) is 1.44. The highest BCUT2D eigenvalue weighted by atomic mass is 79.9. The molecule has 0 fully saturated rings. The van der Waals surface area contributed by atoms with Crippen molar-refractivity contribution in [2.45, 2.75) is 13.0 Å². The molecule has 0 radical (unpaired) electrons. The summed E-state index contributed by atoms with van der Waals surface area (Å²) in [7, 11) is 0. The van der Waals surface area contributed by atoms with E-state index in [-0.39, 0.29) is 0 Å². The SMILES string of the molecule is CC(O)CNc1nc(NN)ncc1Br. The van der Waals surface area contributed by atoms with Crippen molar-refractivity contribution in [1.82, 2.24) is 9.97 Å². The molecule has 0 aliphatic rings. The molecule has 5 N–H and O–H groups in total. The van der Waals surface area contributed by atoms with Crippen molar-refractivity contribution in [2.24, 2.45) is 5.84 Å². The third-order valence-corrected chi connectivity index (χ3v) is 2.02. The monoisotopic (exact) mass is 261 g/mol. The minimum atomic E-state index is -0.439. The van der Waals surface area contributed by atoms with E-state index in [2.05, 4.69) is 36.6 Å². The zero-order valence-corrected chi connectivity index (χ0v) is 9.24. The van der Waals surface area contributed by atoms with Gasteiger partial charge in [0, 0.05) is 12.7 Å². The molecule has 0 spiro atoms. The number of aromatic nitrogens is 2. The van der Waals surface area contributed by atoms with E-state index in [0.29, 0.717) is 18.3 Å². The number of hydrazine groups is 1. The molecule has 1 aromatic heterocycles. The zero-order chi connectivity index (χ0) is 10.6. The molecule has 6 nitrogen and oxygen atoms in total. The maximum absolute atomic E-state index is 9.07. The van der Waals surface area contributed by atoms with Crippen LogP contribution >= 0.6 is 15.9 Å². The molecule has 78 valence electrons. The van der Waals surface area contributed by atoms with Gasteiger partial charge in [-0.05, 0) is 22.9 Å². The molecule has 7 heteroatoms. The van der Waals surface area contributed by atoms with Crippen LogP contribution in [0.25, 0.3) is 0 Å². The average molecular weight is 262 g/mol. The third kappa shape index (κ3) is 3.09. The molecule has 0 saturated heterocycles. The maximum Gasteiger partial charge on any atom is 0.239 e. The van der Waals surface area contributed by atoms with E-state index in [0.717, 1.165) is 4.47 Å². The summed E-state index contributed by atoms with van der Waals surface area (Å²) < 4.78 is 0.720. The van der Waals surface area contributed by atoms with Crippen LogP contribution in [0.5, 0.6) is 0 Å². The second kappa shape index (κ2) is 5.08. The first-order valence-electron chi connectivity index (χ1n) is 4.04. The predicted molar refractivity (Wildman–Crippen MR) is 57.7 cm³/mol. The summed E-state index contributed by atoms with van der Waals surface area (Å²) in [5, 5.41) is 12.0.